The molecule has 2 aromatic rings. The molecule has 0 spiro atoms. The zero-order chi connectivity index (χ0) is 15.7. The molecule has 0 bridgehead atoms. The van der Waals surface area contributed by atoms with Crippen LogP contribution in [0.3, 0.4) is 0 Å². The molecular formula is C15H21N5O2. The van der Waals surface area contributed by atoms with E-state index in [1.807, 2.05) is 32.9 Å². The number of H-pyrrole nitrogens is 1. The summed E-state index contributed by atoms with van der Waals surface area (Å²) in [7, 11) is 0. The summed E-state index contributed by atoms with van der Waals surface area (Å²) in [4.78, 5) is 25.5. The highest BCUT2D eigenvalue weighted by atomic mass is 16.6. The highest BCUT2D eigenvalue weighted by Gasteiger charge is 2.30. The number of rotatable bonds is 2. The molecule has 118 valence electrons. The second-order valence-electron chi connectivity index (χ2n) is 6.52. The minimum atomic E-state index is -0.465. The van der Waals surface area contributed by atoms with E-state index in [-0.39, 0.29) is 12.1 Å². The second-order valence-corrected chi connectivity index (χ2v) is 6.52. The number of pyridine rings is 1. The number of carbonyl (C=O) groups excluding carboxylic acids is 1. The van der Waals surface area contributed by atoms with Crippen molar-refractivity contribution in [2.24, 2.45) is 0 Å². The van der Waals surface area contributed by atoms with E-state index in [0.717, 1.165) is 11.9 Å². The van der Waals surface area contributed by atoms with Gasteiger partial charge < -0.3 is 19.9 Å². The van der Waals surface area contributed by atoms with E-state index in [4.69, 9.17) is 4.74 Å². The Labute approximate surface area is 129 Å². The normalized spacial score (nSPS) is 18.7. The number of imidazole rings is 1. The summed E-state index contributed by atoms with van der Waals surface area (Å²) in [5, 5.41) is 3.32. The van der Waals surface area contributed by atoms with Crippen molar-refractivity contribution in [1.82, 2.24) is 19.9 Å². The summed E-state index contributed by atoms with van der Waals surface area (Å²) >= 11 is 0. The quantitative estimate of drug-likeness (QED) is 0.890. The Morgan fingerprint density at radius 2 is 2.32 bits per heavy atom. The van der Waals surface area contributed by atoms with Gasteiger partial charge in [-0.2, -0.15) is 4.98 Å². The van der Waals surface area contributed by atoms with Crippen LogP contribution in [0.25, 0.3) is 11.2 Å². The van der Waals surface area contributed by atoms with Gasteiger partial charge in [0.05, 0.1) is 5.52 Å². The lowest BCUT2D eigenvalue weighted by atomic mass is 10.2. The summed E-state index contributed by atoms with van der Waals surface area (Å²) in [5.74, 6) is 0.685. The lowest BCUT2D eigenvalue weighted by Crippen LogP contribution is -2.36. The molecular weight excluding hydrogens is 282 g/mol. The molecule has 1 saturated heterocycles. The van der Waals surface area contributed by atoms with Crippen LogP contribution in [0.5, 0.6) is 0 Å². The molecule has 0 aromatic carbocycles. The van der Waals surface area contributed by atoms with Crippen molar-refractivity contribution in [2.75, 3.05) is 18.4 Å². The molecule has 7 heteroatoms. The summed E-state index contributed by atoms with van der Waals surface area (Å²) in [6.07, 6.45) is 2.32. The Morgan fingerprint density at radius 1 is 1.50 bits per heavy atom. The maximum Gasteiger partial charge on any atom is 0.410 e. The number of carbonyl (C=O) groups is 1. The zero-order valence-corrected chi connectivity index (χ0v) is 13.1. The van der Waals surface area contributed by atoms with Crippen molar-refractivity contribution in [2.45, 2.75) is 38.8 Å². The zero-order valence-electron chi connectivity index (χ0n) is 13.1. The van der Waals surface area contributed by atoms with Crippen LogP contribution < -0.4 is 5.32 Å². The number of likely N-dealkylation sites (tertiary alicyclic amines) is 1. The lowest BCUT2D eigenvalue weighted by molar-refractivity contribution is 0.0293. The average Bonchev–Trinajstić information content (AvgIpc) is 3.02. The molecule has 2 N–H and O–H groups in total. The standard InChI is InChI=1S/C15H21N5O2/c1-15(2,3)22-14(21)20-8-6-10(9-20)17-13-18-11-5-4-7-16-12(11)19-13/h4-5,7,10H,6,8-9H2,1-3H3,(H2,16,17,18,19)/t10-/m1/s1. The third-order valence-electron chi connectivity index (χ3n) is 3.44. The Kier molecular flexibility index (Phi) is 3.64. The molecule has 1 amide bonds. The van der Waals surface area contributed by atoms with E-state index in [9.17, 15) is 4.79 Å². The summed E-state index contributed by atoms with van der Waals surface area (Å²) < 4.78 is 5.39. The van der Waals surface area contributed by atoms with Crippen LogP contribution in [-0.4, -0.2) is 50.7 Å². The first kappa shape index (κ1) is 14.6. The number of amides is 1. The third kappa shape index (κ3) is 3.29. The minimum absolute atomic E-state index is 0.160. The molecule has 2 aromatic heterocycles. The second kappa shape index (κ2) is 5.47. The fourth-order valence-corrected chi connectivity index (χ4v) is 2.48. The fourth-order valence-electron chi connectivity index (χ4n) is 2.48. The largest absolute Gasteiger partial charge is 0.444 e. The van der Waals surface area contributed by atoms with Crippen molar-refractivity contribution < 1.29 is 9.53 Å². The van der Waals surface area contributed by atoms with Crippen molar-refractivity contribution >= 4 is 23.2 Å². The van der Waals surface area contributed by atoms with Gasteiger partial charge in [-0.25, -0.2) is 9.78 Å². The molecule has 7 nitrogen and oxygen atoms in total. The van der Waals surface area contributed by atoms with Crippen molar-refractivity contribution in [1.29, 1.82) is 0 Å². The van der Waals surface area contributed by atoms with Gasteiger partial charge in [0, 0.05) is 25.3 Å². The Morgan fingerprint density at radius 3 is 3.05 bits per heavy atom. The third-order valence-corrected chi connectivity index (χ3v) is 3.44. The van der Waals surface area contributed by atoms with Crippen LogP contribution in [0.1, 0.15) is 27.2 Å². The first-order valence-corrected chi connectivity index (χ1v) is 7.46. The van der Waals surface area contributed by atoms with Gasteiger partial charge in [-0.15, -0.1) is 0 Å². The number of hydrogen-bond donors (Lipinski definition) is 2. The van der Waals surface area contributed by atoms with Crippen molar-refractivity contribution in [3.63, 3.8) is 0 Å². The number of ether oxygens (including phenoxy) is 1. The van der Waals surface area contributed by atoms with Crippen molar-refractivity contribution in [3.05, 3.63) is 18.3 Å². The number of fused-ring (bicyclic) bond motifs is 1. The predicted molar refractivity (Wildman–Crippen MR) is 83.7 cm³/mol. The molecule has 0 saturated carbocycles. The van der Waals surface area contributed by atoms with Gasteiger partial charge >= 0.3 is 6.09 Å². The van der Waals surface area contributed by atoms with Crippen LogP contribution in [-0.2, 0) is 4.74 Å². The smallest absolute Gasteiger partial charge is 0.410 e. The van der Waals surface area contributed by atoms with E-state index in [0.29, 0.717) is 24.7 Å². The van der Waals surface area contributed by atoms with Gasteiger partial charge in [-0.1, -0.05) is 0 Å². The molecule has 3 heterocycles. The van der Waals surface area contributed by atoms with Gasteiger partial charge in [-0.05, 0) is 39.3 Å². The number of nitrogens with one attached hydrogen (secondary N) is 2. The number of hydrogen-bond acceptors (Lipinski definition) is 5. The van der Waals surface area contributed by atoms with E-state index in [1.54, 1.807) is 11.1 Å². The van der Waals surface area contributed by atoms with Crippen LogP contribution >= 0.6 is 0 Å². The number of anilines is 1. The van der Waals surface area contributed by atoms with Crippen LogP contribution in [0.4, 0.5) is 10.7 Å². The van der Waals surface area contributed by atoms with E-state index >= 15 is 0 Å². The maximum atomic E-state index is 12.0. The highest BCUT2D eigenvalue weighted by Crippen LogP contribution is 2.18. The van der Waals surface area contributed by atoms with Gasteiger partial charge in [0.15, 0.2) is 5.65 Å². The topological polar surface area (TPSA) is 83.1 Å². The average molecular weight is 303 g/mol. The molecule has 1 aliphatic heterocycles. The summed E-state index contributed by atoms with van der Waals surface area (Å²) in [5.41, 5.74) is 1.12. The molecule has 0 aliphatic carbocycles. The first-order chi connectivity index (χ1) is 10.4. The summed E-state index contributed by atoms with van der Waals surface area (Å²) in [6.45, 7) is 6.92. The molecule has 22 heavy (non-hydrogen) atoms. The predicted octanol–water partition coefficient (Wildman–Crippen LogP) is 2.38. The van der Waals surface area contributed by atoms with Crippen LogP contribution in [0.2, 0.25) is 0 Å². The van der Waals surface area contributed by atoms with Crippen LogP contribution in [0.15, 0.2) is 18.3 Å². The Balaban J connectivity index is 1.60. The maximum absolute atomic E-state index is 12.0. The minimum Gasteiger partial charge on any atom is -0.444 e. The fraction of sp³-hybridized carbons (Fsp3) is 0.533. The molecule has 1 fully saturated rings. The van der Waals surface area contributed by atoms with Crippen molar-refractivity contribution in [3.8, 4) is 0 Å². The van der Waals surface area contributed by atoms with Gasteiger partial charge in [-0.3, -0.25) is 0 Å². The van der Waals surface area contributed by atoms with E-state index < -0.39 is 5.60 Å². The SMILES string of the molecule is CC(C)(C)OC(=O)N1CC[C@@H](Nc2nc3ncccc3[nH]2)C1. The molecule has 3 rings (SSSR count). The number of aromatic amines is 1. The lowest BCUT2D eigenvalue weighted by Gasteiger charge is -2.24. The van der Waals surface area contributed by atoms with Crippen LogP contribution in [0, 0.1) is 0 Å². The highest BCUT2D eigenvalue weighted by molar-refractivity contribution is 5.73. The monoisotopic (exact) mass is 303 g/mol. The molecule has 1 aliphatic rings. The van der Waals surface area contributed by atoms with E-state index in [2.05, 4.69) is 20.3 Å². The first-order valence-electron chi connectivity index (χ1n) is 7.46. The number of nitrogens with zero attached hydrogens (tertiary/aromatic N) is 3. The van der Waals surface area contributed by atoms with Gasteiger partial charge in [0.1, 0.15) is 5.60 Å². The molecule has 0 radical (unpaired) electrons. The Hall–Kier alpha value is -2.31. The van der Waals surface area contributed by atoms with Gasteiger partial charge in [0.2, 0.25) is 5.95 Å². The molecule has 1 atom stereocenters. The van der Waals surface area contributed by atoms with Gasteiger partial charge in [0.25, 0.3) is 0 Å². The summed E-state index contributed by atoms with van der Waals surface area (Å²) in [6, 6.07) is 3.96. The molecule has 0 unspecified atom stereocenters. The Bertz CT molecular complexity index is 643. The van der Waals surface area contributed by atoms with E-state index in [1.165, 1.54) is 0 Å². The number of aromatic nitrogens is 3.